The molecular formula is C20H18BrClFN3O3. The maximum Gasteiger partial charge on any atom is 0.321 e. The highest BCUT2D eigenvalue weighted by Crippen LogP contribution is 2.40. The molecule has 9 heteroatoms. The highest BCUT2D eigenvalue weighted by molar-refractivity contribution is 9.10. The van der Waals surface area contributed by atoms with Crippen molar-refractivity contribution in [1.82, 2.24) is 10.2 Å². The van der Waals surface area contributed by atoms with Gasteiger partial charge in [0.2, 0.25) is 0 Å². The van der Waals surface area contributed by atoms with Crippen LogP contribution in [0.2, 0.25) is 5.02 Å². The normalized spacial score (nSPS) is 18.8. The lowest BCUT2D eigenvalue weighted by Crippen LogP contribution is -2.37. The maximum absolute atomic E-state index is 13.9. The molecular weight excluding hydrogens is 465 g/mol. The lowest BCUT2D eigenvalue weighted by molar-refractivity contribution is 0.0960. The highest BCUT2D eigenvalue weighted by Gasteiger charge is 2.35. The van der Waals surface area contributed by atoms with Gasteiger partial charge < -0.3 is 20.3 Å². The van der Waals surface area contributed by atoms with Crippen LogP contribution in [0.1, 0.15) is 33.9 Å². The predicted octanol–water partition coefficient (Wildman–Crippen LogP) is 4.33. The Morgan fingerprint density at radius 3 is 2.93 bits per heavy atom. The van der Waals surface area contributed by atoms with E-state index in [0.29, 0.717) is 58.2 Å². The van der Waals surface area contributed by atoms with Crippen molar-refractivity contribution < 1.29 is 18.7 Å². The van der Waals surface area contributed by atoms with Crippen molar-refractivity contribution in [2.45, 2.75) is 12.5 Å². The number of urea groups is 1. The number of ether oxygens (including phenoxy) is 1. The minimum atomic E-state index is -0.670. The molecule has 0 spiro atoms. The maximum atomic E-state index is 13.9. The second-order valence-corrected chi connectivity index (χ2v) is 8.19. The first-order valence-electron chi connectivity index (χ1n) is 9.17. The first-order valence-corrected chi connectivity index (χ1v) is 10.3. The molecule has 2 aliphatic rings. The van der Waals surface area contributed by atoms with Crippen LogP contribution >= 0.6 is 27.5 Å². The third kappa shape index (κ3) is 4.10. The number of halogens is 3. The van der Waals surface area contributed by atoms with Crippen LogP contribution in [0.5, 0.6) is 0 Å². The van der Waals surface area contributed by atoms with E-state index in [1.807, 2.05) is 0 Å². The minimum Gasteiger partial charge on any atom is -0.380 e. The summed E-state index contributed by atoms with van der Waals surface area (Å²) in [5, 5.41) is 6.07. The molecule has 1 fully saturated rings. The number of nitrogens with zero attached hydrogens (tertiary/aromatic N) is 1. The summed E-state index contributed by atoms with van der Waals surface area (Å²) < 4.78 is 19.9. The van der Waals surface area contributed by atoms with Crippen LogP contribution in [0.25, 0.3) is 0 Å². The minimum absolute atomic E-state index is 0.278. The predicted molar refractivity (Wildman–Crippen MR) is 111 cm³/mol. The molecule has 2 N–H and O–H groups in total. The molecule has 29 heavy (non-hydrogen) atoms. The van der Waals surface area contributed by atoms with Crippen LogP contribution in [-0.4, -0.2) is 43.1 Å². The van der Waals surface area contributed by atoms with Gasteiger partial charge in [-0.05, 0) is 36.8 Å². The number of carbonyl (C=O) groups excluding carboxylic acids is 2. The van der Waals surface area contributed by atoms with Crippen molar-refractivity contribution in [2.24, 2.45) is 0 Å². The fourth-order valence-electron chi connectivity index (χ4n) is 3.61. The zero-order valence-corrected chi connectivity index (χ0v) is 17.6. The standard InChI is InChI=1S/C20H18BrClFN3O3/c21-11-8-14-17(16(9-11)24-20(28)26-4-1-6-29-7-5-26)18(25-19(14)27)13-10-12(23)2-3-15(13)22/h2-3,8-10,18H,1,4-7H2,(H,24,28)(H,25,27). The summed E-state index contributed by atoms with van der Waals surface area (Å²) in [5.41, 5.74) is 1.86. The number of carbonyl (C=O) groups is 2. The molecule has 0 bridgehead atoms. The second-order valence-electron chi connectivity index (χ2n) is 6.87. The molecule has 1 saturated heterocycles. The Balaban J connectivity index is 1.72. The van der Waals surface area contributed by atoms with Crippen LogP contribution in [-0.2, 0) is 4.74 Å². The van der Waals surface area contributed by atoms with Gasteiger partial charge in [0.25, 0.3) is 5.91 Å². The van der Waals surface area contributed by atoms with E-state index >= 15 is 0 Å². The third-order valence-electron chi connectivity index (χ3n) is 4.97. The van der Waals surface area contributed by atoms with E-state index in [1.165, 1.54) is 18.2 Å². The van der Waals surface area contributed by atoms with E-state index in [0.717, 1.165) is 6.42 Å². The SMILES string of the molecule is O=C1NC(c2cc(F)ccc2Cl)c2c(NC(=O)N3CCCOCC3)cc(Br)cc21. The Morgan fingerprint density at radius 2 is 2.10 bits per heavy atom. The highest BCUT2D eigenvalue weighted by atomic mass is 79.9. The first kappa shape index (κ1) is 20.1. The molecule has 152 valence electrons. The molecule has 0 aliphatic carbocycles. The summed E-state index contributed by atoms with van der Waals surface area (Å²) in [5.74, 6) is -0.773. The summed E-state index contributed by atoms with van der Waals surface area (Å²) in [6.07, 6.45) is 0.756. The molecule has 2 aliphatic heterocycles. The molecule has 4 rings (SSSR count). The van der Waals surface area contributed by atoms with Crippen LogP contribution in [0.4, 0.5) is 14.9 Å². The Bertz CT molecular complexity index is 980. The monoisotopic (exact) mass is 481 g/mol. The van der Waals surface area contributed by atoms with Gasteiger partial charge in [0, 0.05) is 51.6 Å². The molecule has 2 aromatic carbocycles. The fourth-order valence-corrected chi connectivity index (χ4v) is 4.30. The molecule has 0 radical (unpaired) electrons. The number of anilines is 1. The van der Waals surface area contributed by atoms with Crippen molar-refractivity contribution >= 4 is 45.2 Å². The van der Waals surface area contributed by atoms with Crippen molar-refractivity contribution in [3.05, 3.63) is 62.3 Å². The first-order chi connectivity index (χ1) is 13.9. The zero-order chi connectivity index (χ0) is 20.5. The van der Waals surface area contributed by atoms with Crippen LogP contribution < -0.4 is 10.6 Å². The van der Waals surface area contributed by atoms with Crippen molar-refractivity contribution in [3.8, 4) is 0 Å². The van der Waals surface area contributed by atoms with E-state index in [1.54, 1.807) is 17.0 Å². The number of amides is 3. The smallest absolute Gasteiger partial charge is 0.321 e. The lowest BCUT2D eigenvalue weighted by atomic mass is 9.96. The number of hydrogen-bond acceptors (Lipinski definition) is 3. The molecule has 2 heterocycles. The van der Waals surface area contributed by atoms with Gasteiger partial charge in [0.05, 0.1) is 12.6 Å². The fraction of sp³-hybridized carbons (Fsp3) is 0.300. The van der Waals surface area contributed by atoms with E-state index in [9.17, 15) is 14.0 Å². The van der Waals surface area contributed by atoms with Gasteiger partial charge in [0.15, 0.2) is 0 Å². The van der Waals surface area contributed by atoms with Gasteiger partial charge >= 0.3 is 6.03 Å². The summed E-state index contributed by atoms with van der Waals surface area (Å²) in [6.45, 7) is 2.16. The van der Waals surface area contributed by atoms with Gasteiger partial charge in [-0.3, -0.25) is 4.79 Å². The van der Waals surface area contributed by atoms with Crippen LogP contribution in [0.3, 0.4) is 0 Å². The van der Waals surface area contributed by atoms with E-state index in [4.69, 9.17) is 16.3 Å². The van der Waals surface area contributed by atoms with Crippen LogP contribution in [0.15, 0.2) is 34.8 Å². The molecule has 1 atom stereocenters. The van der Waals surface area contributed by atoms with Gasteiger partial charge in [-0.15, -0.1) is 0 Å². The lowest BCUT2D eigenvalue weighted by Gasteiger charge is -2.23. The molecule has 0 saturated carbocycles. The largest absolute Gasteiger partial charge is 0.380 e. The average Bonchev–Trinajstić information content (AvgIpc) is 2.86. The molecule has 6 nitrogen and oxygen atoms in total. The summed E-state index contributed by atoms with van der Waals surface area (Å²) in [4.78, 5) is 27.1. The number of fused-ring (bicyclic) bond motifs is 1. The number of nitrogens with one attached hydrogen (secondary N) is 2. The second kappa shape index (κ2) is 8.30. The Labute approximate surface area is 180 Å². The summed E-state index contributed by atoms with van der Waals surface area (Å²) in [6, 6.07) is 6.46. The number of hydrogen-bond donors (Lipinski definition) is 2. The van der Waals surface area contributed by atoms with Crippen molar-refractivity contribution in [1.29, 1.82) is 0 Å². The Morgan fingerprint density at radius 1 is 1.28 bits per heavy atom. The molecule has 2 aromatic rings. The zero-order valence-electron chi connectivity index (χ0n) is 15.3. The third-order valence-corrected chi connectivity index (χ3v) is 5.78. The Hall–Kier alpha value is -2.16. The van der Waals surface area contributed by atoms with E-state index in [-0.39, 0.29) is 11.9 Å². The van der Waals surface area contributed by atoms with Crippen molar-refractivity contribution in [2.75, 3.05) is 31.6 Å². The molecule has 0 aromatic heterocycles. The quantitative estimate of drug-likeness (QED) is 0.669. The molecule has 3 amide bonds. The van der Waals surface area contributed by atoms with Gasteiger partial charge in [-0.2, -0.15) is 0 Å². The number of benzene rings is 2. The topological polar surface area (TPSA) is 70.7 Å². The van der Waals surface area contributed by atoms with Crippen LogP contribution in [0, 0.1) is 5.82 Å². The Kier molecular flexibility index (Phi) is 5.76. The van der Waals surface area contributed by atoms with Gasteiger partial charge in [-0.25, -0.2) is 9.18 Å². The summed E-state index contributed by atoms with van der Waals surface area (Å²) >= 11 is 9.68. The van der Waals surface area contributed by atoms with E-state index in [2.05, 4.69) is 26.6 Å². The number of rotatable bonds is 2. The average molecular weight is 483 g/mol. The summed E-state index contributed by atoms with van der Waals surface area (Å²) in [7, 11) is 0. The van der Waals surface area contributed by atoms with E-state index < -0.39 is 11.9 Å². The van der Waals surface area contributed by atoms with Gasteiger partial charge in [0.1, 0.15) is 5.82 Å². The van der Waals surface area contributed by atoms with Gasteiger partial charge in [-0.1, -0.05) is 27.5 Å². The molecule has 1 unspecified atom stereocenters. The van der Waals surface area contributed by atoms with Crippen molar-refractivity contribution in [3.63, 3.8) is 0 Å².